The Morgan fingerprint density at radius 1 is 0.536 bits per heavy atom. The van der Waals surface area contributed by atoms with E-state index in [4.69, 9.17) is 4.74 Å². The second-order valence-corrected chi connectivity index (χ2v) is 16.5. The molecule has 0 radical (unpaired) electrons. The van der Waals surface area contributed by atoms with Gasteiger partial charge in [-0.15, -0.1) is 0 Å². The number of carbonyl (C=O) groups excluding carboxylic acids is 2. The maximum atomic E-state index is 13.1. The third-order valence-corrected chi connectivity index (χ3v) is 11.0. The molecule has 0 fully saturated rings. The molecule has 0 aromatic heterocycles. The Balaban J connectivity index is 4.45. The number of carbonyl (C=O) groups is 2. The van der Waals surface area contributed by atoms with Gasteiger partial charge in [0.1, 0.15) is 6.10 Å². The molecule has 0 aliphatic carbocycles. The van der Waals surface area contributed by atoms with Crippen LogP contribution in [0.2, 0.25) is 0 Å². The summed E-state index contributed by atoms with van der Waals surface area (Å²) in [6.45, 7) is 6.35. The molecule has 3 N–H and O–H groups in total. The summed E-state index contributed by atoms with van der Waals surface area (Å²) in [5.41, 5.74) is 0. The third-order valence-electron chi connectivity index (χ3n) is 11.0. The van der Waals surface area contributed by atoms with Crippen LogP contribution in [0.3, 0.4) is 0 Å². The highest BCUT2D eigenvalue weighted by Crippen LogP contribution is 2.18. The molecule has 0 saturated heterocycles. The highest BCUT2D eigenvalue weighted by Gasteiger charge is 2.24. The van der Waals surface area contributed by atoms with Crippen LogP contribution in [0.1, 0.15) is 245 Å². The fourth-order valence-electron chi connectivity index (χ4n) is 7.33. The number of hydrogen-bond donors (Lipinski definition) is 3. The summed E-state index contributed by atoms with van der Waals surface area (Å²) in [4.78, 5) is 26.0. The molecule has 6 nitrogen and oxygen atoms in total. The van der Waals surface area contributed by atoms with Crippen molar-refractivity contribution in [3.05, 3.63) is 36.5 Å². The number of amides is 1. The van der Waals surface area contributed by atoms with Crippen LogP contribution in [0.25, 0.3) is 0 Å². The SMILES string of the molecule is CC/C=C/C/C=C/C/C=C/CCCCCCCCC(=O)OC(CCCCCCCCCC)CC(=O)NC(CO)C(O)CCCCCCCCCCCCCCC. The predicted molar refractivity (Wildman–Crippen MR) is 241 cm³/mol. The van der Waals surface area contributed by atoms with Crippen molar-refractivity contribution in [2.45, 2.75) is 264 Å². The summed E-state index contributed by atoms with van der Waals surface area (Å²) in [5, 5.41) is 23.7. The fraction of sp³-hybridized carbons (Fsp3) is 0.840. The number of aliphatic hydroxyl groups excluding tert-OH is 2. The number of hydrogen-bond acceptors (Lipinski definition) is 5. The standard InChI is InChI=1S/C50H93NO5/c1-4-7-10-13-16-19-21-23-24-25-27-29-31-34-37-40-43-50(55)56-46(41-38-35-32-18-15-12-9-6-3)44-49(54)51-47(45-52)48(53)42-39-36-33-30-28-26-22-20-17-14-11-8-5-2/h7,10,16,19,23-24,46-48,52-53H,4-6,8-9,11-15,17-18,20-22,25-45H2,1-3H3,(H,51,54)/b10-7+,19-16+,24-23+. The van der Waals surface area contributed by atoms with Crippen molar-refractivity contribution in [3.63, 3.8) is 0 Å². The van der Waals surface area contributed by atoms with Gasteiger partial charge in [-0.3, -0.25) is 9.59 Å². The summed E-state index contributed by atoms with van der Waals surface area (Å²) in [7, 11) is 0. The molecule has 0 aromatic rings. The van der Waals surface area contributed by atoms with Gasteiger partial charge in [-0.25, -0.2) is 0 Å². The van der Waals surface area contributed by atoms with Gasteiger partial charge >= 0.3 is 5.97 Å². The maximum absolute atomic E-state index is 13.1. The lowest BCUT2D eigenvalue weighted by Gasteiger charge is -2.24. The van der Waals surface area contributed by atoms with Crippen molar-refractivity contribution in [3.8, 4) is 0 Å². The lowest BCUT2D eigenvalue weighted by molar-refractivity contribution is -0.151. The highest BCUT2D eigenvalue weighted by atomic mass is 16.5. The molecule has 328 valence electrons. The largest absolute Gasteiger partial charge is 0.462 e. The summed E-state index contributed by atoms with van der Waals surface area (Å²) >= 11 is 0. The number of unbranched alkanes of at least 4 members (excludes halogenated alkanes) is 25. The van der Waals surface area contributed by atoms with Gasteiger partial charge in [0, 0.05) is 6.42 Å². The van der Waals surface area contributed by atoms with Crippen molar-refractivity contribution >= 4 is 11.9 Å². The topological polar surface area (TPSA) is 95.9 Å². The van der Waals surface area contributed by atoms with Crippen LogP contribution in [0.5, 0.6) is 0 Å². The van der Waals surface area contributed by atoms with E-state index in [0.717, 1.165) is 70.6 Å². The molecule has 1 amide bonds. The number of rotatable bonds is 43. The molecule has 0 aliphatic rings. The van der Waals surface area contributed by atoms with Crippen LogP contribution >= 0.6 is 0 Å². The third kappa shape index (κ3) is 38.9. The Labute approximate surface area is 347 Å². The summed E-state index contributed by atoms with van der Waals surface area (Å²) in [6.07, 6.45) is 50.6. The Morgan fingerprint density at radius 2 is 0.964 bits per heavy atom. The lowest BCUT2D eigenvalue weighted by Crippen LogP contribution is -2.46. The van der Waals surface area contributed by atoms with Crippen LogP contribution in [0.4, 0.5) is 0 Å². The first-order valence-electron chi connectivity index (χ1n) is 24.2. The highest BCUT2D eigenvalue weighted by molar-refractivity contribution is 5.77. The van der Waals surface area contributed by atoms with Crippen molar-refractivity contribution in [1.29, 1.82) is 0 Å². The van der Waals surface area contributed by atoms with Gasteiger partial charge in [0.2, 0.25) is 5.91 Å². The zero-order chi connectivity index (χ0) is 41.0. The molecule has 0 aliphatic heterocycles. The Morgan fingerprint density at radius 3 is 1.46 bits per heavy atom. The number of ether oxygens (including phenoxy) is 1. The van der Waals surface area contributed by atoms with E-state index < -0.39 is 18.2 Å². The van der Waals surface area contributed by atoms with Gasteiger partial charge in [-0.2, -0.15) is 0 Å². The van der Waals surface area contributed by atoms with E-state index in [1.54, 1.807) is 0 Å². The molecule has 0 rings (SSSR count). The van der Waals surface area contributed by atoms with E-state index in [9.17, 15) is 19.8 Å². The summed E-state index contributed by atoms with van der Waals surface area (Å²) in [5.74, 6) is -0.485. The molecule has 0 aromatic carbocycles. The fourth-order valence-corrected chi connectivity index (χ4v) is 7.33. The van der Waals surface area contributed by atoms with Crippen molar-refractivity contribution < 1.29 is 24.5 Å². The molecule has 0 bridgehead atoms. The van der Waals surface area contributed by atoms with E-state index in [-0.39, 0.29) is 24.9 Å². The predicted octanol–water partition coefficient (Wildman–Crippen LogP) is 14.1. The summed E-state index contributed by atoms with van der Waals surface area (Å²) in [6, 6.07) is -0.699. The zero-order valence-electron chi connectivity index (χ0n) is 37.3. The van der Waals surface area contributed by atoms with E-state index in [1.165, 1.54) is 128 Å². The number of nitrogens with one attached hydrogen (secondary N) is 1. The van der Waals surface area contributed by atoms with E-state index >= 15 is 0 Å². The van der Waals surface area contributed by atoms with Gasteiger partial charge in [0.05, 0.1) is 25.2 Å². The van der Waals surface area contributed by atoms with Crippen LogP contribution in [0, 0.1) is 0 Å². The van der Waals surface area contributed by atoms with E-state index in [1.807, 2.05) is 0 Å². The molecular weight excluding hydrogens is 695 g/mol. The minimum Gasteiger partial charge on any atom is -0.462 e. The average molecular weight is 788 g/mol. The van der Waals surface area contributed by atoms with Crippen LogP contribution in [-0.2, 0) is 14.3 Å². The lowest BCUT2D eigenvalue weighted by atomic mass is 10.0. The second kappa shape index (κ2) is 44.2. The molecule has 0 spiro atoms. The van der Waals surface area contributed by atoms with Gasteiger partial charge in [0.15, 0.2) is 0 Å². The Bertz CT molecular complexity index is 930. The smallest absolute Gasteiger partial charge is 0.306 e. The van der Waals surface area contributed by atoms with Gasteiger partial charge in [-0.1, -0.05) is 211 Å². The number of aliphatic hydroxyl groups is 2. The summed E-state index contributed by atoms with van der Waals surface area (Å²) < 4.78 is 5.89. The molecule has 56 heavy (non-hydrogen) atoms. The van der Waals surface area contributed by atoms with Crippen molar-refractivity contribution in [2.24, 2.45) is 0 Å². The first-order valence-corrected chi connectivity index (χ1v) is 24.2. The van der Waals surface area contributed by atoms with Crippen molar-refractivity contribution in [1.82, 2.24) is 5.32 Å². The van der Waals surface area contributed by atoms with Crippen LogP contribution in [-0.4, -0.2) is 46.9 Å². The Hall–Kier alpha value is -1.92. The number of allylic oxidation sites excluding steroid dienone is 6. The number of esters is 1. The van der Waals surface area contributed by atoms with E-state index in [0.29, 0.717) is 19.3 Å². The minimum absolute atomic E-state index is 0.0746. The van der Waals surface area contributed by atoms with Crippen molar-refractivity contribution in [2.75, 3.05) is 6.61 Å². The first-order chi connectivity index (χ1) is 27.5. The van der Waals surface area contributed by atoms with Crippen LogP contribution < -0.4 is 5.32 Å². The van der Waals surface area contributed by atoms with Gasteiger partial charge in [0.25, 0.3) is 0 Å². The molecule has 3 unspecified atom stereocenters. The quantitative estimate of drug-likeness (QED) is 0.0325. The monoisotopic (exact) mass is 788 g/mol. The second-order valence-electron chi connectivity index (χ2n) is 16.5. The van der Waals surface area contributed by atoms with E-state index in [2.05, 4.69) is 62.5 Å². The maximum Gasteiger partial charge on any atom is 0.306 e. The minimum atomic E-state index is -0.785. The average Bonchev–Trinajstić information content (AvgIpc) is 3.19. The normalized spacial score (nSPS) is 13.6. The van der Waals surface area contributed by atoms with Crippen LogP contribution in [0.15, 0.2) is 36.5 Å². The molecule has 6 heteroatoms. The molecular formula is C50H93NO5. The zero-order valence-corrected chi connectivity index (χ0v) is 37.3. The molecule has 3 atom stereocenters. The van der Waals surface area contributed by atoms with Gasteiger partial charge in [-0.05, 0) is 57.8 Å². The molecule has 0 saturated carbocycles. The first kappa shape index (κ1) is 54.1. The Kier molecular flexibility index (Phi) is 42.7. The molecule has 0 heterocycles. The van der Waals surface area contributed by atoms with Gasteiger partial charge < -0.3 is 20.3 Å².